The molecule has 0 unspecified atom stereocenters. The molecule has 0 atom stereocenters. The highest BCUT2D eigenvalue weighted by atomic mass is 19.1. The summed E-state index contributed by atoms with van der Waals surface area (Å²) in [6.45, 7) is 2.06. The standard InChI is InChI=1S/C16H14FN3O/c1-10-14(15-12(17)6-4-7-13(15)20-10)16(21)19-9-11-5-2-3-8-18-11/h2-8,20H,9H2,1H3,(H,19,21). The van der Waals surface area contributed by atoms with Crippen LogP contribution in [-0.4, -0.2) is 15.9 Å². The molecule has 4 nitrogen and oxygen atoms in total. The first-order valence-electron chi connectivity index (χ1n) is 6.61. The fraction of sp³-hybridized carbons (Fsp3) is 0.125. The van der Waals surface area contributed by atoms with E-state index in [1.165, 1.54) is 6.07 Å². The molecule has 1 aromatic carbocycles. The van der Waals surface area contributed by atoms with Crippen LogP contribution in [0.1, 0.15) is 21.7 Å². The molecule has 0 fully saturated rings. The predicted molar refractivity (Wildman–Crippen MR) is 78.4 cm³/mol. The van der Waals surface area contributed by atoms with Crippen molar-refractivity contribution in [2.45, 2.75) is 13.5 Å². The molecule has 2 heterocycles. The minimum Gasteiger partial charge on any atom is -0.358 e. The molecular formula is C16H14FN3O. The molecule has 0 saturated carbocycles. The Bertz CT molecular complexity index is 796. The van der Waals surface area contributed by atoms with Crippen LogP contribution in [0.5, 0.6) is 0 Å². The van der Waals surface area contributed by atoms with Crippen molar-refractivity contribution in [1.82, 2.24) is 15.3 Å². The molecular weight excluding hydrogens is 269 g/mol. The van der Waals surface area contributed by atoms with E-state index < -0.39 is 5.82 Å². The van der Waals surface area contributed by atoms with Crippen LogP contribution in [0.25, 0.3) is 10.9 Å². The maximum atomic E-state index is 14.0. The Labute approximate surface area is 121 Å². The Balaban J connectivity index is 1.90. The third kappa shape index (κ3) is 2.50. The third-order valence-electron chi connectivity index (χ3n) is 3.34. The van der Waals surface area contributed by atoms with Crippen LogP contribution < -0.4 is 5.32 Å². The molecule has 0 radical (unpaired) electrons. The van der Waals surface area contributed by atoms with Gasteiger partial charge in [-0.3, -0.25) is 9.78 Å². The number of aromatic amines is 1. The lowest BCUT2D eigenvalue weighted by atomic mass is 10.1. The second kappa shape index (κ2) is 5.36. The summed E-state index contributed by atoms with van der Waals surface area (Å²) >= 11 is 0. The van der Waals surface area contributed by atoms with Gasteiger partial charge in [0.15, 0.2) is 0 Å². The number of carbonyl (C=O) groups excluding carboxylic acids is 1. The molecule has 5 heteroatoms. The number of nitrogens with zero attached hydrogens (tertiary/aromatic N) is 1. The Hall–Kier alpha value is -2.69. The van der Waals surface area contributed by atoms with E-state index in [1.807, 2.05) is 18.2 Å². The van der Waals surface area contributed by atoms with E-state index in [2.05, 4.69) is 15.3 Å². The van der Waals surface area contributed by atoms with E-state index in [9.17, 15) is 9.18 Å². The molecule has 106 valence electrons. The van der Waals surface area contributed by atoms with Gasteiger partial charge in [0.2, 0.25) is 0 Å². The normalized spacial score (nSPS) is 10.8. The van der Waals surface area contributed by atoms with Crippen LogP contribution in [0.4, 0.5) is 4.39 Å². The lowest BCUT2D eigenvalue weighted by molar-refractivity contribution is 0.0951. The number of hydrogen-bond acceptors (Lipinski definition) is 2. The van der Waals surface area contributed by atoms with Gasteiger partial charge in [-0.05, 0) is 31.2 Å². The molecule has 0 aliphatic carbocycles. The molecule has 0 bridgehead atoms. The molecule has 1 amide bonds. The van der Waals surface area contributed by atoms with Crippen LogP contribution in [0.2, 0.25) is 0 Å². The fourth-order valence-corrected chi connectivity index (χ4v) is 2.38. The average molecular weight is 283 g/mol. The van der Waals surface area contributed by atoms with Crippen molar-refractivity contribution < 1.29 is 9.18 Å². The number of H-pyrrole nitrogens is 1. The van der Waals surface area contributed by atoms with Crippen molar-refractivity contribution in [3.8, 4) is 0 Å². The SMILES string of the molecule is Cc1[nH]c2cccc(F)c2c1C(=O)NCc1ccccn1. The zero-order valence-electron chi connectivity index (χ0n) is 11.5. The molecule has 3 aromatic rings. The number of aryl methyl sites for hydroxylation is 1. The van der Waals surface area contributed by atoms with Crippen molar-refractivity contribution in [3.63, 3.8) is 0 Å². The van der Waals surface area contributed by atoms with E-state index in [4.69, 9.17) is 0 Å². The van der Waals surface area contributed by atoms with Crippen molar-refractivity contribution in [3.05, 3.63) is 65.4 Å². The maximum absolute atomic E-state index is 14.0. The first-order chi connectivity index (χ1) is 10.2. The average Bonchev–Trinajstić information content (AvgIpc) is 2.83. The van der Waals surface area contributed by atoms with Crippen LogP contribution in [0.15, 0.2) is 42.6 Å². The van der Waals surface area contributed by atoms with Gasteiger partial charge in [-0.25, -0.2) is 4.39 Å². The summed E-state index contributed by atoms with van der Waals surface area (Å²) in [7, 11) is 0. The van der Waals surface area contributed by atoms with E-state index in [0.29, 0.717) is 28.7 Å². The zero-order valence-corrected chi connectivity index (χ0v) is 11.5. The van der Waals surface area contributed by atoms with Gasteiger partial charge in [0.1, 0.15) is 5.82 Å². The summed E-state index contributed by atoms with van der Waals surface area (Å²) in [4.78, 5) is 19.5. The number of amides is 1. The molecule has 2 N–H and O–H groups in total. The monoisotopic (exact) mass is 283 g/mol. The summed E-state index contributed by atoms with van der Waals surface area (Å²) in [6.07, 6.45) is 1.66. The number of hydrogen-bond donors (Lipinski definition) is 2. The van der Waals surface area contributed by atoms with E-state index in [-0.39, 0.29) is 5.91 Å². The topological polar surface area (TPSA) is 57.8 Å². The number of carbonyl (C=O) groups is 1. The number of fused-ring (bicyclic) bond motifs is 1. The lowest BCUT2D eigenvalue weighted by Crippen LogP contribution is -2.23. The van der Waals surface area contributed by atoms with Crippen LogP contribution in [-0.2, 0) is 6.54 Å². The molecule has 0 saturated heterocycles. The lowest BCUT2D eigenvalue weighted by Gasteiger charge is -2.05. The minimum absolute atomic E-state index is 0.306. The number of halogens is 1. The zero-order chi connectivity index (χ0) is 14.8. The third-order valence-corrected chi connectivity index (χ3v) is 3.34. The van der Waals surface area contributed by atoms with Gasteiger partial charge in [0.25, 0.3) is 5.91 Å². The van der Waals surface area contributed by atoms with Gasteiger partial charge in [-0.15, -0.1) is 0 Å². The highest BCUT2D eigenvalue weighted by molar-refractivity contribution is 6.08. The second-order valence-electron chi connectivity index (χ2n) is 4.79. The van der Waals surface area contributed by atoms with Crippen LogP contribution >= 0.6 is 0 Å². The fourth-order valence-electron chi connectivity index (χ4n) is 2.38. The number of nitrogens with one attached hydrogen (secondary N) is 2. The van der Waals surface area contributed by atoms with Crippen LogP contribution in [0.3, 0.4) is 0 Å². The van der Waals surface area contributed by atoms with Crippen LogP contribution in [0, 0.1) is 12.7 Å². The number of benzene rings is 1. The van der Waals surface area contributed by atoms with Gasteiger partial charge >= 0.3 is 0 Å². The molecule has 21 heavy (non-hydrogen) atoms. The summed E-state index contributed by atoms with van der Waals surface area (Å²) in [5.74, 6) is -0.714. The van der Waals surface area contributed by atoms with Gasteiger partial charge in [-0.1, -0.05) is 12.1 Å². The first kappa shape index (κ1) is 13.3. The Morgan fingerprint density at radius 2 is 2.14 bits per heavy atom. The number of rotatable bonds is 3. The maximum Gasteiger partial charge on any atom is 0.254 e. The summed E-state index contributed by atoms with van der Waals surface area (Å²) in [6, 6.07) is 10.2. The van der Waals surface area contributed by atoms with E-state index >= 15 is 0 Å². The predicted octanol–water partition coefficient (Wildman–Crippen LogP) is 2.94. The minimum atomic E-state index is -0.403. The van der Waals surface area contributed by atoms with Gasteiger partial charge in [0, 0.05) is 22.8 Å². The molecule has 0 aliphatic rings. The largest absolute Gasteiger partial charge is 0.358 e. The molecule has 2 aromatic heterocycles. The summed E-state index contributed by atoms with van der Waals surface area (Å²) < 4.78 is 14.0. The highest BCUT2D eigenvalue weighted by Gasteiger charge is 2.18. The quantitative estimate of drug-likeness (QED) is 0.776. The van der Waals surface area contributed by atoms with Gasteiger partial charge in [0.05, 0.1) is 17.8 Å². The van der Waals surface area contributed by atoms with Gasteiger partial charge in [-0.2, -0.15) is 0 Å². The highest BCUT2D eigenvalue weighted by Crippen LogP contribution is 2.24. The smallest absolute Gasteiger partial charge is 0.254 e. The summed E-state index contributed by atoms with van der Waals surface area (Å²) in [5, 5.41) is 3.10. The number of pyridine rings is 1. The second-order valence-corrected chi connectivity index (χ2v) is 4.79. The number of aromatic nitrogens is 2. The van der Waals surface area contributed by atoms with Crippen molar-refractivity contribution in [2.24, 2.45) is 0 Å². The van der Waals surface area contributed by atoms with E-state index in [0.717, 1.165) is 5.69 Å². The summed E-state index contributed by atoms with van der Waals surface area (Å²) in [5.41, 5.74) is 2.37. The molecule has 0 spiro atoms. The van der Waals surface area contributed by atoms with Gasteiger partial charge < -0.3 is 10.3 Å². The molecule has 0 aliphatic heterocycles. The Kier molecular flexibility index (Phi) is 3.39. The Morgan fingerprint density at radius 3 is 2.90 bits per heavy atom. The van der Waals surface area contributed by atoms with Crippen molar-refractivity contribution >= 4 is 16.8 Å². The van der Waals surface area contributed by atoms with Crippen molar-refractivity contribution in [2.75, 3.05) is 0 Å². The Morgan fingerprint density at radius 1 is 1.29 bits per heavy atom. The van der Waals surface area contributed by atoms with E-state index in [1.54, 1.807) is 25.3 Å². The van der Waals surface area contributed by atoms with Crippen molar-refractivity contribution in [1.29, 1.82) is 0 Å². The molecule has 3 rings (SSSR count). The first-order valence-corrected chi connectivity index (χ1v) is 6.61.